The normalized spacial score (nSPS) is 11.4. The Balaban J connectivity index is 1.97. The van der Waals surface area contributed by atoms with E-state index >= 15 is 0 Å². The summed E-state index contributed by atoms with van der Waals surface area (Å²) in [4.78, 5) is 23.9. The van der Waals surface area contributed by atoms with E-state index in [0.717, 1.165) is 0 Å². The summed E-state index contributed by atoms with van der Waals surface area (Å²) in [6.45, 7) is 3.82. The molecule has 2 aromatic rings. The smallest absolute Gasteiger partial charge is 0.338 e. The van der Waals surface area contributed by atoms with Crippen LogP contribution in [0.4, 0.5) is 0 Å². The number of nitrogens with zero attached hydrogens (tertiary/aromatic N) is 1. The molecular weight excluding hydrogens is 372 g/mol. The van der Waals surface area contributed by atoms with Gasteiger partial charge in [0.25, 0.3) is 5.91 Å². The topological polar surface area (TPSA) is 106 Å². The highest BCUT2D eigenvalue weighted by Gasteiger charge is 2.23. The molecule has 1 aromatic heterocycles. The molecule has 0 aliphatic heterocycles. The monoisotopic (exact) mass is 394 g/mol. The van der Waals surface area contributed by atoms with E-state index in [0.29, 0.717) is 18.8 Å². The Morgan fingerprint density at radius 3 is 2.52 bits per heavy atom. The summed E-state index contributed by atoms with van der Waals surface area (Å²) in [6, 6.07) is 8.96. The van der Waals surface area contributed by atoms with Crippen molar-refractivity contribution < 1.29 is 27.2 Å². The maximum Gasteiger partial charge on any atom is 0.338 e. The number of hydrogen-bond acceptors (Lipinski definition) is 6. The van der Waals surface area contributed by atoms with Crippen LogP contribution in [0.5, 0.6) is 0 Å². The number of benzene rings is 1. The largest absolute Gasteiger partial charge is 0.467 e. The Kier molecular flexibility index (Phi) is 7.14. The van der Waals surface area contributed by atoms with E-state index in [4.69, 9.17) is 9.15 Å². The van der Waals surface area contributed by atoms with Crippen LogP contribution in [0.3, 0.4) is 0 Å². The zero-order chi connectivity index (χ0) is 19.9. The molecule has 1 amide bonds. The van der Waals surface area contributed by atoms with Gasteiger partial charge in [-0.25, -0.2) is 13.2 Å². The van der Waals surface area contributed by atoms with Gasteiger partial charge in [0.1, 0.15) is 5.76 Å². The van der Waals surface area contributed by atoms with E-state index in [1.165, 1.54) is 34.8 Å². The van der Waals surface area contributed by atoms with Gasteiger partial charge < -0.3 is 14.5 Å². The Hall–Kier alpha value is -2.65. The maximum atomic E-state index is 12.5. The van der Waals surface area contributed by atoms with E-state index in [1.54, 1.807) is 26.0 Å². The average Bonchev–Trinajstić information content (AvgIpc) is 3.19. The van der Waals surface area contributed by atoms with Gasteiger partial charge in [0, 0.05) is 13.1 Å². The molecule has 0 saturated heterocycles. The van der Waals surface area contributed by atoms with Crippen LogP contribution in [0.15, 0.2) is 52.0 Å². The van der Waals surface area contributed by atoms with Crippen molar-refractivity contribution in [3.63, 3.8) is 0 Å². The first-order valence-corrected chi connectivity index (χ1v) is 9.89. The molecule has 0 saturated carbocycles. The van der Waals surface area contributed by atoms with Crippen LogP contribution in [0.25, 0.3) is 0 Å². The van der Waals surface area contributed by atoms with Crippen molar-refractivity contribution in [2.75, 3.05) is 19.7 Å². The predicted molar refractivity (Wildman–Crippen MR) is 97.4 cm³/mol. The second-order valence-electron chi connectivity index (χ2n) is 5.55. The Labute approximate surface area is 158 Å². The number of carbonyl (C=O) groups excluding carboxylic acids is 2. The Bertz CT molecular complexity index is 873. The molecule has 1 aromatic carbocycles. The maximum absolute atomic E-state index is 12.5. The number of amides is 1. The lowest BCUT2D eigenvalue weighted by molar-refractivity contribution is -0.124. The van der Waals surface area contributed by atoms with Crippen LogP contribution in [-0.4, -0.2) is 44.3 Å². The zero-order valence-corrected chi connectivity index (χ0v) is 16.0. The van der Waals surface area contributed by atoms with E-state index in [1.807, 2.05) is 0 Å². The third-order valence-electron chi connectivity index (χ3n) is 3.79. The molecule has 0 unspecified atom stereocenters. The van der Waals surface area contributed by atoms with E-state index in [9.17, 15) is 18.0 Å². The summed E-state index contributed by atoms with van der Waals surface area (Å²) < 4.78 is 36.4. The number of sulfonamides is 1. The van der Waals surface area contributed by atoms with Crippen LogP contribution in [-0.2, 0) is 26.1 Å². The molecule has 0 aliphatic rings. The van der Waals surface area contributed by atoms with Crippen molar-refractivity contribution in [3.05, 3.63) is 54.0 Å². The number of rotatable bonds is 9. The number of furan rings is 1. The van der Waals surface area contributed by atoms with Crippen molar-refractivity contribution in [2.45, 2.75) is 25.3 Å². The quantitative estimate of drug-likeness (QED) is 0.650. The fraction of sp³-hybridized carbons (Fsp3) is 0.333. The molecule has 0 fully saturated rings. The van der Waals surface area contributed by atoms with Gasteiger partial charge in [0.05, 0.1) is 23.3 Å². The summed E-state index contributed by atoms with van der Waals surface area (Å²) in [5.41, 5.74) is 0.0575. The standard InChI is InChI=1S/C18H22N2O6S/c1-3-20(4-2)27(23,24)16-9-5-7-14(11-16)18(22)26-13-17(21)19-12-15-8-6-10-25-15/h5-11H,3-4,12-13H2,1-2H3,(H,19,21). The van der Waals surface area contributed by atoms with Gasteiger partial charge in [-0.15, -0.1) is 0 Å². The first kappa shape index (κ1) is 20.7. The van der Waals surface area contributed by atoms with E-state index < -0.39 is 28.5 Å². The lowest BCUT2D eigenvalue weighted by atomic mass is 10.2. The minimum atomic E-state index is -3.69. The molecule has 0 atom stereocenters. The minimum Gasteiger partial charge on any atom is -0.467 e. The van der Waals surface area contributed by atoms with Crippen molar-refractivity contribution in [2.24, 2.45) is 0 Å². The number of carbonyl (C=O) groups is 2. The molecule has 27 heavy (non-hydrogen) atoms. The number of ether oxygens (including phenoxy) is 1. The van der Waals surface area contributed by atoms with Gasteiger partial charge in [0.15, 0.2) is 6.61 Å². The number of hydrogen-bond donors (Lipinski definition) is 1. The number of esters is 1. The highest BCUT2D eigenvalue weighted by molar-refractivity contribution is 7.89. The summed E-state index contributed by atoms with van der Waals surface area (Å²) in [5.74, 6) is -0.699. The van der Waals surface area contributed by atoms with Crippen LogP contribution < -0.4 is 5.32 Å². The highest BCUT2D eigenvalue weighted by Crippen LogP contribution is 2.17. The molecule has 1 heterocycles. The first-order valence-electron chi connectivity index (χ1n) is 8.44. The van der Waals surface area contributed by atoms with Crippen LogP contribution in [0, 0.1) is 0 Å². The van der Waals surface area contributed by atoms with Crippen molar-refractivity contribution in [3.8, 4) is 0 Å². The molecule has 2 rings (SSSR count). The highest BCUT2D eigenvalue weighted by atomic mass is 32.2. The predicted octanol–water partition coefficient (Wildman–Crippen LogP) is 1.78. The molecule has 0 radical (unpaired) electrons. The lowest BCUT2D eigenvalue weighted by Gasteiger charge is -2.18. The summed E-state index contributed by atoms with van der Waals surface area (Å²) in [6.07, 6.45) is 1.49. The molecule has 9 heteroatoms. The second kappa shape index (κ2) is 9.33. The molecular formula is C18H22N2O6S. The van der Waals surface area contributed by atoms with E-state index in [-0.39, 0.29) is 17.0 Å². The van der Waals surface area contributed by atoms with Crippen molar-refractivity contribution in [1.82, 2.24) is 9.62 Å². The molecule has 1 N–H and O–H groups in total. The second-order valence-corrected chi connectivity index (χ2v) is 7.49. The Morgan fingerprint density at radius 1 is 1.15 bits per heavy atom. The van der Waals surface area contributed by atoms with Gasteiger partial charge in [-0.3, -0.25) is 4.79 Å². The fourth-order valence-electron chi connectivity index (χ4n) is 2.36. The molecule has 0 spiro atoms. The van der Waals surface area contributed by atoms with Gasteiger partial charge in [-0.2, -0.15) is 4.31 Å². The summed E-state index contributed by atoms with van der Waals surface area (Å²) in [7, 11) is -3.69. The number of nitrogens with one attached hydrogen (secondary N) is 1. The summed E-state index contributed by atoms with van der Waals surface area (Å²) >= 11 is 0. The molecule has 0 aliphatic carbocycles. The van der Waals surface area contributed by atoms with Gasteiger partial charge >= 0.3 is 5.97 Å². The minimum absolute atomic E-state index is 0.00270. The SMILES string of the molecule is CCN(CC)S(=O)(=O)c1cccc(C(=O)OCC(=O)NCc2ccco2)c1. The average molecular weight is 394 g/mol. The van der Waals surface area contributed by atoms with Gasteiger partial charge in [0.2, 0.25) is 10.0 Å². The molecule has 8 nitrogen and oxygen atoms in total. The molecule has 0 bridgehead atoms. The first-order chi connectivity index (χ1) is 12.9. The zero-order valence-electron chi connectivity index (χ0n) is 15.2. The van der Waals surface area contributed by atoms with Gasteiger partial charge in [-0.05, 0) is 30.3 Å². The van der Waals surface area contributed by atoms with E-state index in [2.05, 4.69) is 5.32 Å². The summed E-state index contributed by atoms with van der Waals surface area (Å²) in [5, 5.41) is 2.55. The fourth-order valence-corrected chi connectivity index (χ4v) is 3.86. The van der Waals surface area contributed by atoms with Crippen LogP contribution in [0.2, 0.25) is 0 Å². The molecule has 146 valence electrons. The van der Waals surface area contributed by atoms with Crippen molar-refractivity contribution in [1.29, 1.82) is 0 Å². The third kappa shape index (κ3) is 5.41. The third-order valence-corrected chi connectivity index (χ3v) is 5.83. The van der Waals surface area contributed by atoms with Crippen molar-refractivity contribution >= 4 is 21.9 Å². The Morgan fingerprint density at radius 2 is 1.89 bits per heavy atom. The lowest BCUT2D eigenvalue weighted by Crippen LogP contribution is -2.31. The van der Waals surface area contributed by atoms with Crippen LogP contribution >= 0.6 is 0 Å². The van der Waals surface area contributed by atoms with Gasteiger partial charge in [-0.1, -0.05) is 19.9 Å². The van der Waals surface area contributed by atoms with Crippen LogP contribution in [0.1, 0.15) is 30.0 Å².